The van der Waals surface area contributed by atoms with E-state index in [0.717, 1.165) is 0 Å². The van der Waals surface area contributed by atoms with E-state index < -0.39 is 23.5 Å². The highest BCUT2D eigenvalue weighted by Gasteiger charge is 2.45. The molecule has 1 atom stereocenters. The molecule has 0 aliphatic carbocycles. The smallest absolute Gasteiger partial charge is 0.295 e. The van der Waals surface area contributed by atoms with Crippen molar-refractivity contribution in [1.82, 2.24) is 4.90 Å². The molecule has 1 N–H and O–H groups in total. The summed E-state index contributed by atoms with van der Waals surface area (Å²) in [6.07, 6.45) is 0.657. The van der Waals surface area contributed by atoms with Crippen molar-refractivity contribution in [3.63, 3.8) is 0 Å². The van der Waals surface area contributed by atoms with Crippen LogP contribution in [0.25, 0.3) is 5.76 Å². The maximum Gasteiger partial charge on any atom is 0.295 e. The van der Waals surface area contributed by atoms with Gasteiger partial charge in [0.15, 0.2) is 0 Å². The lowest BCUT2D eigenvalue weighted by Gasteiger charge is -2.25. The summed E-state index contributed by atoms with van der Waals surface area (Å²) in [7, 11) is 0. The Labute approximate surface area is 169 Å². The van der Waals surface area contributed by atoms with Gasteiger partial charge in [-0.15, -0.1) is 0 Å². The van der Waals surface area contributed by atoms with E-state index >= 15 is 0 Å². The third kappa shape index (κ3) is 3.88. The van der Waals surface area contributed by atoms with Crippen LogP contribution in [0, 0.1) is 12.7 Å². The van der Waals surface area contributed by atoms with Crippen molar-refractivity contribution in [2.75, 3.05) is 13.2 Å². The summed E-state index contributed by atoms with van der Waals surface area (Å²) in [5.41, 5.74) is 1.31. The van der Waals surface area contributed by atoms with Gasteiger partial charge in [0.25, 0.3) is 11.7 Å². The molecule has 0 saturated carbocycles. The number of hydrogen-bond donors (Lipinski definition) is 1. The van der Waals surface area contributed by atoms with Crippen molar-refractivity contribution in [2.24, 2.45) is 0 Å². The Morgan fingerprint density at radius 1 is 1.17 bits per heavy atom. The molecule has 1 heterocycles. The van der Waals surface area contributed by atoms with Gasteiger partial charge < -0.3 is 14.7 Å². The number of aliphatic hydroxyl groups excluding tert-OH is 1. The van der Waals surface area contributed by atoms with Crippen LogP contribution in [-0.4, -0.2) is 34.8 Å². The molecule has 1 fully saturated rings. The standard InChI is InChI=1S/C23H24FNO4/c1-4-11-25-20(15-7-6-8-17(13-15)29-5-2)19(22(27)23(25)28)21(26)16-9-10-18(24)14(3)12-16/h6-10,12-13,20,26H,4-5,11H2,1-3H3/b21-19-. The summed E-state index contributed by atoms with van der Waals surface area (Å²) in [4.78, 5) is 27.0. The van der Waals surface area contributed by atoms with E-state index in [2.05, 4.69) is 0 Å². The van der Waals surface area contributed by atoms with Gasteiger partial charge in [0.2, 0.25) is 0 Å². The zero-order valence-electron chi connectivity index (χ0n) is 16.7. The van der Waals surface area contributed by atoms with Crippen LogP contribution in [0.5, 0.6) is 5.75 Å². The molecule has 6 heteroatoms. The monoisotopic (exact) mass is 397 g/mol. The number of halogens is 1. The number of rotatable bonds is 6. The summed E-state index contributed by atoms with van der Waals surface area (Å²) < 4.78 is 19.2. The topological polar surface area (TPSA) is 66.8 Å². The minimum atomic E-state index is -0.746. The lowest BCUT2D eigenvalue weighted by molar-refractivity contribution is -0.139. The first kappa shape index (κ1) is 20.6. The molecule has 0 bridgehead atoms. The molecule has 0 radical (unpaired) electrons. The number of nitrogens with zero attached hydrogens (tertiary/aromatic N) is 1. The average molecular weight is 397 g/mol. The highest BCUT2D eigenvalue weighted by atomic mass is 19.1. The SMILES string of the molecule is CCCN1C(=O)C(=O)/C(=C(\O)c2ccc(F)c(C)c2)C1c1cccc(OCC)c1. The highest BCUT2D eigenvalue weighted by molar-refractivity contribution is 6.46. The fourth-order valence-corrected chi connectivity index (χ4v) is 3.59. The number of amides is 1. The molecule has 1 amide bonds. The Hall–Kier alpha value is -3.15. The average Bonchev–Trinajstić information content (AvgIpc) is 2.95. The molecule has 1 aliphatic heterocycles. The molecule has 1 aliphatic rings. The van der Waals surface area contributed by atoms with Crippen molar-refractivity contribution in [3.8, 4) is 5.75 Å². The number of aryl methyl sites for hydroxylation is 1. The first-order chi connectivity index (χ1) is 13.9. The Morgan fingerprint density at radius 2 is 1.93 bits per heavy atom. The van der Waals surface area contributed by atoms with E-state index in [1.54, 1.807) is 31.2 Å². The van der Waals surface area contributed by atoms with Gasteiger partial charge in [0.1, 0.15) is 17.3 Å². The summed E-state index contributed by atoms with van der Waals surface area (Å²) in [5.74, 6) is -1.50. The van der Waals surface area contributed by atoms with Crippen molar-refractivity contribution in [3.05, 3.63) is 70.5 Å². The summed E-state index contributed by atoms with van der Waals surface area (Å²) in [6, 6.07) is 10.5. The van der Waals surface area contributed by atoms with Crippen molar-refractivity contribution in [1.29, 1.82) is 0 Å². The molecule has 1 unspecified atom stereocenters. The molecule has 3 rings (SSSR count). The van der Waals surface area contributed by atoms with Gasteiger partial charge in [-0.3, -0.25) is 9.59 Å². The summed E-state index contributed by atoms with van der Waals surface area (Å²) in [6.45, 7) is 6.20. The van der Waals surface area contributed by atoms with E-state index in [-0.39, 0.29) is 11.3 Å². The maximum absolute atomic E-state index is 13.7. The van der Waals surface area contributed by atoms with Crippen molar-refractivity contribution in [2.45, 2.75) is 33.2 Å². The maximum atomic E-state index is 13.7. The number of hydrogen-bond acceptors (Lipinski definition) is 4. The predicted octanol–water partition coefficient (Wildman–Crippen LogP) is 4.36. The number of likely N-dealkylation sites (tertiary alicyclic amines) is 1. The van der Waals surface area contributed by atoms with Crippen LogP contribution in [0.2, 0.25) is 0 Å². The summed E-state index contributed by atoms with van der Waals surface area (Å²) >= 11 is 0. The van der Waals surface area contributed by atoms with Crippen LogP contribution in [0.1, 0.15) is 43.0 Å². The second-order valence-electron chi connectivity index (χ2n) is 6.96. The third-order valence-corrected chi connectivity index (χ3v) is 4.92. The van der Waals surface area contributed by atoms with Crippen LogP contribution < -0.4 is 4.74 Å². The Balaban J connectivity index is 2.18. The fourth-order valence-electron chi connectivity index (χ4n) is 3.59. The van der Waals surface area contributed by atoms with Crippen LogP contribution >= 0.6 is 0 Å². The first-order valence-electron chi connectivity index (χ1n) is 9.66. The fraction of sp³-hybridized carbons (Fsp3) is 0.304. The molecule has 0 spiro atoms. The van der Waals surface area contributed by atoms with Gasteiger partial charge in [-0.1, -0.05) is 19.1 Å². The summed E-state index contributed by atoms with van der Waals surface area (Å²) in [5, 5.41) is 10.9. The largest absolute Gasteiger partial charge is 0.507 e. The van der Waals surface area contributed by atoms with E-state index in [1.807, 2.05) is 13.8 Å². The molecule has 152 valence electrons. The van der Waals surface area contributed by atoms with Crippen LogP contribution in [0.4, 0.5) is 4.39 Å². The third-order valence-electron chi connectivity index (χ3n) is 4.92. The Bertz CT molecular complexity index is 983. The van der Waals surface area contributed by atoms with E-state index in [9.17, 15) is 19.1 Å². The van der Waals surface area contributed by atoms with E-state index in [0.29, 0.717) is 42.0 Å². The second kappa shape index (κ2) is 8.47. The zero-order chi connectivity index (χ0) is 21.1. The van der Waals surface area contributed by atoms with Gasteiger partial charge in [-0.25, -0.2) is 4.39 Å². The minimum Gasteiger partial charge on any atom is -0.507 e. The molecule has 5 nitrogen and oxygen atoms in total. The van der Waals surface area contributed by atoms with Gasteiger partial charge in [0.05, 0.1) is 18.2 Å². The lowest BCUT2D eigenvalue weighted by atomic mass is 9.94. The molecular formula is C23H24FNO4. The van der Waals surface area contributed by atoms with Crippen molar-refractivity contribution >= 4 is 17.4 Å². The number of carbonyl (C=O) groups is 2. The highest BCUT2D eigenvalue weighted by Crippen LogP contribution is 2.40. The molecule has 29 heavy (non-hydrogen) atoms. The molecule has 2 aromatic carbocycles. The lowest BCUT2D eigenvalue weighted by Crippen LogP contribution is -2.30. The second-order valence-corrected chi connectivity index (χ2v) is 6.96. The van der Waals surface area contributed by atoms with Crippen LogP contribution in [0.15, 0.2) is 48.0 Å². The number of Topliss-reactive ketones (excluding diaryl/α,β-unsaturated/α-hetero) is 1. The Kier molecular flexibility index (Phi) is 6.01. The normalized spacial score (nSPS) is 18.3. The van der Waals surface area contributed by atoms with Gasteiger partial charge in [0, 0.05) is 12.1 Å². The zero-order valence-corrected chi connectivity index (χ0v) is 16.7. The predicted molar refractivity (Wildman–Crippen MR) is 108 cm³/mol. The number of carbonyl (C=O) groups excluding carboxylic acids is 2. The van der Waals surface area contributed by atoms with Gasteiger partial charge >= 0.3 is 0 Å². The van der Waals surface area contributed by atoms with E-state index in [1.165, 1.54) is 23.1 Å². The van der Waals surface area contributed by atoms with Gasteiger partial charge in [-0.05, 0) is 61.7 Å². The molecule has 2 aromatic rings. The van der Waals surface area contributed by atoms with E-state index in [4.69, 9.17) is 4.74 Å². The van der Waals surface area contributed by atoms with Gasteiger partial charge in [-0.2, -0.15) is 0 Å². The van der Waals surface area contributed by atoms with Crippen molar-refractivity contribution < 1.29 is 23.8 Å². The van der Waals surface area contributed by atoms with Crippen LogP contribution in [0.3, 0.4) is 0 Å². The number of ketones is 1. The molecular weight excluding hydrogens is 373 g/mol. The number of aliphatic hydroxyl groups is 1. The quantitative estimate of drug-likeness (QED) is 0.447. The molecule has 1 saturated heterocycles. The molecule has 0 aromatic heterocycles. The number of benzene rings is 2. The minimum absolute atomic E-state index is 0.00288. The van der Waals surface area contributed by atoms with Crippen LogP contribution in [-0.2, 0) is 9.59 Å². The number of ether oxygens (including phenoxy) is 1. The Morgan fingerprint density at radius 3 is 2.59 bits per heavy atom. The first-order valence-corrected chi connectivity index (χ1v) is 9.66.